The van der Waals surface area contributed by atoms with E-state index in [9.17, 15) is 24.0 Å². The van der Waals surface area contributed by atoms with Crippen molar-refractivity contribution >= 4 is 69.8 Å². The minimum atomic E-state index is -0.548. The zero-order valence-corrected chi connectivity index (χ0v) is 27.3. The minimum absolute atomic E-state index is 0.0806. The smallest absolute Gasteiger partial charge is 0.272 e. The molecular formula is C38H29N3O5S2. The maximum absolute atomic E-state index is 13.5. The summed E-state index contributed by atoms with van der Waals surface area (Å²) in [6, 6.07) is 31.0. The van der Waals surface area contributed by atoms with Crippen LogP contribution in [0.4, 0.5) is 11.4 Å². The Morgan fingerprint density at radius 3 is 2.21 bits per heavy atom. The van der Waals surface area contributed by atoms with Gasteiger partial charge in [-0.3, -0.25) is 24.0 Å². The van der Waals surface area contributed by atoms with Gasteiger partial charge in [0.2, 0.25) is 5.91 Å². The molecule has 0 spiro atoms. The van der Waals surface area contributed by atoms with E-state index in [0.29, 0.717) is 28.8 Å². The molecule has 0 aliphatic heterocycles. The molecule has 3 N–H and O–H groups in total. The maximum Gasteiger partial charge on any atom is 0.272 e. The van der Waals surface area contributed by atoms with Crippen molar-refractivity contribution in [1.29, 1.82) is 0 Å². The number of anilines is 2. The largest absolute Gasteiger partial charge is 0.324 e. The average molecular weight is 672 g/mol. The third-order valence-electron chi connectivity index (χ3n) is 7.60. The quantitative estimate of drug-likeness (QED) is 0.103. The summed E-state index contributed by atoms with van der Waals surface area (Å²) in [4.78, 5) is 68.0. The van der Waals surface area contributed by atoms with Gasteiger partial charge in [-0.25, -0.2) is 0 Å². The Kier molecular flexibility index (Phi) is 9.75. The number of benzene rings is 4. The summed E-state index contributed by atoms with van der Waals surface area (Å²) >= 11 is 2.74. The van der Waals surface area contributed by atoms with Crippen molar-refractivity contribution in [1.82, 2.24) is 5.32 Å². The number of rotatable bonds is 10. The molecule has 10 heteroatoms. The molecule has 0 bridgehead atoms. The third kappa shape index (κ3) is 7.05. The van der Waals surface area contributed by atoms with Gasteiger partial charge in [0.25, 0.3) is 11.8 Å². The molecule has 1 unspecified atom stereocenters. The first-order valence-corrected chi connectivity index (χ1v) is 16.9. The molecule has 1 atom stereocenters. The molecule has 1 aliphatic rings. The van der Waals surface area contributed by atoms with Crippen LogP contribution in [0.25, 0.3) is 6.08 Å². The van der Waals surface area contributed by atoms with Crippen LogP contribution in [0.2, 0.25) is 0 Å². The van der Waals surface area contributed by atoms with E-state index in [0.717, 1.165) is 9.77 Å². The molecule has 0 fully saturated rings. The Morgan fingerprint density at radius 2 is 1.48 bits per heavy atom. The first-order chi connectivity index (χ1) is 23.3. The molecule has 0 radical (unpaired) electrons. The highest BCUT2D eigenvalue weighted by atomic mass is 32.2. The van der Waals surface area contributed by atoms with Gasteiger partial charge in [-0.1, -0.05) is 73.7 Å². The Balaban J connectivity index is 1.17. The van der Waals surface area contributed by atoms with Gasteiger partial charge < -0.3 is 16.0 Å². The molecular weight excluding hydrogens is 643 g/mol. The van der Waals surface area contributed by atoms with Crippen LogP contribution in [-0.2, 0) is 9.59 Å². The number of hydrogen-bond acceptors (Lipinski definition) is 7. The summed E-state index contributed by atoms with van der Waals surface area (Å²) in [5.41, 5.74) is 2.36. The van der Waals surface area contributed by atoms with E-state index in [1.807, 2.05) is 30.5 Å². The lowest BCUT2D eigenvalue weighted by Crippen LogP contribution is -2.30. The monoisotopic (exact) mass is 671 g/mol. The SMILES string of the molecule is CCC(Sc1cccc(NC(=O)/C(=C\c2cccs2)NC(=O)c2ccccc2)c1)C(=O)Nc1cccc2c1C(=O)c1ccccc1C2=O. The van der Waals surface area contributed by atoms with Gasteiger partial charge in [-0.2, -0.15) is 0 Å². The molecule has 5 aromatic rings. The second kappa shape index (κ2) is 14.5. The summed E-state index contributed by atoms with van der Waals surface area (Å²) < 4.78 is 0. The van der Waals surface area contributed by atoms with E-state index >= 15 is 0 Å². The topological polar surface area (TPSA) is 121 Å². The predicted octanol–water partition coefficient (Wildman–Crippen LogP) is 7.44. The van der Waals surface area contributed by atoms with Crippen molar-refractivity contribution in [3.8, 4) is 0 Å². The lowest BCUT2D eigenvalue weighted by Gasteiger charge is -2.21. The molecule has 48 heavy (non-hydrogen) atoms. The van der Waals surface area contributed by atoms with Crippen LogP contribution in [0.3, 0.4) is 0 Å². The van der Waals surface area contributed by atoms with Gasteiger partial charge in [0.15, 0.2) is 11.6 Å². The fourth-order valence-corrected chi connectivity index (χ4v) is 6.92. The van der Waals surface area contributed by atoms with E-state index in [2.05, 4.69) is 16.0 Å². The van der Waals surface area contributed by atoms with Crippen LogP contribution in [0, 0.1) is 0 Å². The van der Waals surface area contributed by atoms with Gasteiger partial charge in [-0.15, -0.1) is 23.1 Å². The van der Waals surface area contributed by atoms with Crippen LogP contribution >= 0.6 is 23.1 Å². The zero-order valence-electron chi connectivity index (χ0n) is 25.7. The van der Waals surface area contributed by atoms with Crippen molar-refractivity contribution in [3.05, 3.63) is 153 Å². The molecule has 1 aromatic heterocycles. The number of thiophene rings is 1. The van der Waals surface area contributed by atoms with E-state index in [-0.39, 0.29) is 40.0 Å². The second-order valence-corrected chi connectivity index (χ2v) is 13.1. The third-order valence-corrected chi connectivity index (χ3v) is 9.78. The molecule has 238 valence electrons. The van der Waals surface area contributed by atoms with Crippen molar-refractivity contribution in [3.63, 3.8) is 0 Å². The number of carbonyl (C=O) groups excluding carboxylic acids is 5. The van der Waals surface area contributed by atoms with Crippen LogP contribution in [0.5, 0.6) is 0 Å². The fraction of sp³-hybridized carbons (Fsp3) is 0.0789. The Labute approximate surface area is 285 Å². The standard InChI is InChI=1S/C38H29N3O5S2/c1-2-32(38(46)40-30-19-9-18-29-33(30)35(43)28-17-7-6-16-27(28)34(29)42)48-26-14-8-13-24(21-26)39-37(45)31(22-25-15-10-20-47-25)41-36(44)23-11-4-3-5-12-23/h3-22,32H,2H2,1H3,(H,39,45)(H,40,46)(H,41,44)/b31-22+. The molecule has 8 nitrogen and oxygen atoms in total. The molecule has 4 aromatic carbocycles. The van der Waals surface area contributed by atoms with Crippen molar-refractivity contribution in [2.45, 2.75) is 23.5 Å². The van der Waals surface area contributed by atoms with Crippen molar-refractivity contribution in [2.75, 3.05) is 10.6 Å². The van der Waals surface area contributed by atoms with Gasteiger partial charge in [0.05, 0.1) is 16.5 Å². The van der Waals surface area contributed by atoms with Gasteiger partial charge in [0.1, 0.15) is 5.70 Å². The highest BCUT2D eigenvalue weighted by molar-refractivity contribution is 8.00. The van der Waals surface area contributed by atoms with Gasteiger partial charge >= 0.3 is 0 Å². The van der Waals surface area contributed by atoms with Crippen LogP contribution in [0.1, 0.15) is 60.4 Å². The van der Waals surface area contributed by atoms with E-state index in [1.54, 1.807) is 97.1 Å². The van der Waals surface area contributed by atoms with Crippen molar-refractivity contribution < 1.29 is 24.0 Å². The average Bonchev–Trinajstić information content (AvgIpc) is 3.63. The summed E-state index contributed by atoms with van der Waals surface area (Å²) in [6.45, 7) is 1.88. The number of amides is 3. The van der Waals surface area contributed by atoms with Crippen LogP contribution in [-0.4, -0.2) is 34.5 Å². The van der Waals surface area contributed by atoms with Crippen LogP contribution < -0.4 is 16.0 Å². The zero-order chi connectivity index (χ0) is 33.6. The Morgan fingerprint density at radius 1 is 0.771 bits per heavy atom. The van der Waals surface area contributed by atoms with E-state index in [4.69, 9.17) is 0 Å². The number of carbonyl (C=O) groups is 5. The van der Waals surface area contributed by atoms with E-state index in [1.165, 1.54) is 23.1 Å². The van der Waals surface area contributed by atoms with E-state index < -0.39 is 17.1 Å². The second-order valence-electron chi connectivity index (χ2n) is 10.8. The summed E-state index contributed by atoms with van der Waals surface area (Å²) in [5, 5.41) is 9.81. The molecule has 3 amide bonds. The molecule has 6 rings (SSSR count). The first-order valence-electron chi connectivity index (χ1n) is 15.1. The minimum Gasteiger partial charge on any atom is -0.324 e. The number of fused-ring (bicyclic) bond motifs is 2. The lowest BCUT2D eigenvalue weighted by molar-refractivity contribution is -0.116. The van der Waals surface area contributed by atoms with Gasteiger partial charge in [-0.05, 0) is 60.3 Å². The molecule has 1 aliphatic carbocycles. The number of ketones is 2. The predicted molar refractivity (Wildman–Crippen MR) is 190 cm³/mol. The maximum atomic E-state index is 13.5. The molecule has 0 saturated carbocycles. The summed E-state index contributed by atoms with van der Waals surface area (Å²) in [7, 11) is 0. The Bertz CT molecular complexity index is 2070. The highest BCUT2D eigenvalue weighted by Gasteiger charge is 2.32. The number of hydrogen-bond donors (Lipinski definition) is 3. The molecule has 1 heterocycles. The summed E-state index contributed by atoms with van der Waals surface area (Å²) in [5.74, 6) is -1.81. The number of thioether (sulfide) groups is 1. The van der Waals surface area contributed by atoms with Crippen molar-refractivity contribution in [2.24, 2.45) is 0 Å². The highest BCUT2D eigenvalue weighted by Crippen LogP contribution is 2.34. The first kappa shape index (κ1) is 32.4. The normalized spacial score (nSPS) is 12.8. The fourth-order valence-electron chi connectivity index (χ4n) is 5.25. The van der Waals surface area contributed by atoms with Gasteiger partial charge in [0, 0.05) is 37.7 Å². The molecule has 0 saturated heterocycles. The lowest BCUT2D eigenvalue weighted by atomic mass is 9.83. The number of nitrogens with one attached hydrogen (secondary N) is 3. The summed E-state index contributed by atoms with van der Waals surface area (Å²) in [6.07, 6.45) is 2.09. The Hall–Kier alpha value is -5.58. The van der Waals surface area contributed by atoms with Crippen LogP contribution in [0.15, 0.2) is 125 Å².